The zero-order valence-corrected chi connectivity index (χ0v) is 11.2. The van der Waals surface area contributed by atoms with Crippen LogP contribution in [0.2, 0.25) is 0 Å². The first-order valence-corrected chi connectivity index (χ1v) is 7.04. The Balaban J connectivity index is 1.74. The molecule has 2 N–H and O–H groups in total. The molecule has 0 atom stereocenters. The lowest BCUT2D eigenvalue weighted by Gasteiger charge is -2.34. The van der Waals surface area contributed by atoms with Gasteiger partial charge >= 0.3 is 0 Å². The van der Waals surface area contributed by atoms with Gasteiger partial charge in [0.15, 0.2) is 0 Å². The second kappa shape index (κ2) is 6.28. The lowest BCUT2D eigenvalue weighted by molar-refractivity contribution is 0.253. The van der Waals surface area contributed by atoms with Crippen molar-refractivity contribution in [2.24, 2.45) is 5.73 Å². The lowest BCUT2D eigenvalue weighted by atomic mass is 10.2. The molecule has 0 saturated carbocycles. The number of hydrogen-bond donors (Lipinski definition) is 1. The van der Waals surface area contributed by atoms with Crippen molar-refractivity contribution in [2.45, 2.75) is 19.8 Å². The number of aryl methyl sites for hydroxylation is 1. The Morgan fingerprint density at radius 1 is 1.24 bits per heavy atom. The SMILES string of the molecule is Cc1nsc(N2CCN(CCCCN)CC2)n1. The largest absolute Gasteiger partial charge is 0.344 e. The standard InChI is InChI=1S/C11H21N5S/c1-10-13-11(17-14-10)16-8-6-15(7-9-16)5-3-2-4-12/h2-9,12H2,1H3. The zero-order valence-electron chi connectivity index (χ0n) is 10.4. The predicted molar refractivity (Wildman–Crippen MR) is 71.6 cm³/mol. The van der Waals surface area contributed by atoms with Crippen LogP contribution in [-0.4, -0.2) is 53.5 Å². The highest BCUT2D eigenvalue weighted by Gasteiger charge is 2.18. The summed E-state index contributed by atoms with van der Waals surface area (Å²) in [6, 6.07) is 0. The molecule has 0 unspecified atom stereocenters. The van der Waals surface area contributed by atoms with Crippen molar-refractivity contribution in [1.82, 2.24) is 14.3 Å². The molecule has 0 radical (unpaired) electrons. The van der Waals surface area contributed by atoms with E-state index >= 15 is 0 Å². The first kappa shape index (κ1) is 12.7. The van der Waals surface area contributed by atoms with Gasteiger partial charge in [0.05, 0.1) is 0 Å². The Morgan fingerprint density at radius 2 is 2.00 bits per heavy atom. The minimum atomic E-state index is 0.810. The van der Waals surface area contributed by atoms with E-state index in [1.807, 2.05) is 6.92 Å². The number of nitrogens with zero attached hydrogens (tertiary/aromatic N) is 4. The Morgan fingerprint density at radius 3 is 2.59 bits per heavy atom. The topological polar surface area (TPSA) is 58.3 Å². The molecule has 0 spiro atoms. The average molecular weight is 255 g/mol. The number of anilines is 1. The van der Waals surface area contributed by atoms with Crippen LogP contribution in [0.25, 0.3) is 0 Å². The van der Waals surface area contributed by atoms with Gasteiger partial charge in [0.25, 0.3) is 0 Å². The quantitative estimate of drug-likeness (QED) is 0.785. The summed E-state index contributed by atoms with van der Waals surface area (Å²) in [5.74, 6) is 0.885. The summed E-state index contributed by atoms with van der Waals surface area (Å²) in [6.45, 7) is 8.33. The van der Waals surface area contributed by atoms with E-state index in [0.717, 1.165) is 50.1 Å². The molecule has 1 aromatic heterocycles. The van der Waals surface area contributed by atoms with Gasteiger partial charge in [0.1, 0.15) is 5.82 Å². The zero-order chi connectivity index (χ0) is 12.1. The van der Waals surface area contributed by atoms with E-state index in [1.165, 1.54) is 24.5 Å². The summed E-state index contributed by atoms with van der Waals surface area (Å²) in [6.07, 6.45) is 2.35. The number of nitrogens with two attached hydrogens (primary N) is 1. The van der Waals surface area contributed by atoms with E-state index in [9.17, 15) is 0 Å². The first-order valence-electron chi connectivity index (χ1n) is 6.27. The molecule has 0 aromatic carbocycles. The van der Waals surface area contributed by atoms with Crippen molar-refractivity contribution in [1.29, 1.82) is 0 Å². The van der Waals surface area contributed by atoms with Crippen molar-refractivity contribution >= 4 is 16.7 Å². The van der Waals surface area contributed by atoms with Crippen molar-refractivity contribution in [3.05, 3.63) is 5.82 Å². The van der Waals surface area contributed by atoms with Crippen LogP contribution in [0, 0.1) is 6.92 Å². The molecule has 1 aliphatic rings. The van der Waals surface area contributed by atoms with E-state index in [0.29, 0.717) is 0 Å². The normalized spacial score (nSPS) is 17.6. The minimum absolute atomic E-state index is 0.810. The highest BCUT2D eigenvalue weighted by Crippen LogP contribution is 2.18. The maximum atomic E-state index is 5.50. The number of piperazine rings is 1. The lowest BCUT2D eigenvalue weighted by Crippen LogP contribution is -2.46. The predicted octanol–water partition coefficient (Wildman–Crippen LogP) is 0.707. The van der Waals surface area contributed by atoms with Crippen molar-refractivity contribution in [2.75, 3.05) is 44.2 Å². The number of unbranched alkanes of at least 4 members (excludes halogenated alkanes) is 1. The summed E-state index contributed by atoms with van der Waals surface area (Å²) in [5, 5.41) is 1.07. The summed E-state index contributed by atoms with van der Waals surface area (Å²) in [4.78, 5) is 9.28. The smallest absolute Gasteiger partial charge is 0.205 e. The average Bonchev–Trinajstić information content (AvgIpc) is 2.77. The van der Waals surface area contributed by atoms with Crippen LogP contribution in [0.1, 0.15) is 18.7 Å². The third kappa shape index (κ3) is 3.62. The Kier molecular flexibility index (Phi) is 4.70. The third-order valence-corrected chi connectivity index (χ3v) is 3.96. The number of rotatable bonds is 5. The Hall–Kier alpha value is -0.720. The first-order chi connectivity index (χ1) is 8.29. The van der Waals surface area contributed by atoms with Gasteiger partial charge in [-0.25, -0.2) is 4.98 Å². The molecule has 1 aliphatic heterocycles. The fourth-order valence-electron chi connectivity index (χ4n) is 2.06. The number of hydrogen-bond acceptors (Lipinski definition) is 6. The summed E-state index contributed by atoms with van der Waals surface area (Å²) in [5.41, 5.74) is 5.50. The molecule has 6 heteroatoms. The second-order valence-electron chi connectivity index (χ2n) is 4.45. The van der Waals surface area contributed by atoms with Gasteiger partial charge in [0, 0.05) is 37.7 Å². The van der Waals surface area contributed by atoms with Crippen LogP contribution >= 0.6 is 11.5 Å². The van der Waals surface area contributed by atoms with E-state index in [4.69, 9.17) is 5.73 Å². The third-order valence-electron chi connectivity index (χ3n) is 3.09. The molecule has 0 bridgehead atoms. The molecule has 1 saturated heterocycles. The molecule has 96 valence electrons. The fraction of sp³-hybridized carbons (Fsp3) is 0.818. The van der Waals surface area contributed by atoms with Crippen molar-refractivity contribution in [3.8, 4) is 0 Å². The van der Waals surface area contributed by atoms with Gasteiger partial charge in [-0.3, -0.25) is 4.90 Å². The molecular formula is C11H21N5S. The van der Waals surface area contributed by atoms with Crippen molar-refractivity contribution in [3.63, 3.8) is 0 Å². The monoisotopic (exact) mass is 255 g/mol. The van der Waals surface area contributed by atoms with Crippen LogP contribution in [0.4, 0.5) is 5.13 Å². The van der Waals surface area contributed by atoms with Gasteiger partial charge in [-0.2, -0.15) is 4.37 Å². The fourth-order valence-corrected chi connectivity index (χ4v) is 2.78. The Bertz CT molecular complexity index is 332. The summed E-state index contributed by atoms with van der Waals surface area (Å²) >= 11 is 1.51. The van der Waals surface area contributed by atoms with Crippen LogP contribution in [-0.2, 0) is 0 Å². The van der Waals surface area contributed by atoms with E-state index in [2.05, 4.69) is 19.2 Å². The molecule has 1 fully saturated rings. The van der Waals surface area contributed by atoms with Gasteiger partial charge in [-0.15, -0.1) is 0 Å². The number of aromatic nitrogens is 2. The van der Waals surface area contributed by atoms with Gasteiger partial charge in [-0.1, -0.05) is 0 Å². The van der Waals surface area contributed by atoms with Gasteiger partial charge in [-0.05, 0) is 32.9 Å². The van der Waals surface area contributed by atoms with Gasteiger partial charge < -0.3 is 10.6 Å². The highest BCUT2D eigenvalue weighted by atomic mass is 32.1. The Labute approximate surface area is 107 Å². The molecule has 5 nitrogen and oxygen atoms in total. The maximum absolute atomic E-state index is 5.50. The molecule has 0 amide bonds. The van der Waals surface area contributed by atoms with Crippen LogP contribution < -0.4 is 10.6 Å². The summed E-state index contributed by atoms with van der Waals surface area (Å²) in [7, 11) is 0. The molecule has 2 heterocycles. The summed E-state index contributed by atoms with van der Waals surface area (Å²) < 4.78 is 4.23. The molecule has 0 aliphatic carbocycles. The van der Waals surface area contributed by atoms with Gasteiger partial charge in [0.2, 0.25) is 5.13 Å². The highest BCUT2D eigenvalue weighted by molar-refractivity contribution is 7.09. The molecule has 1 aromatic rings. The van der Waals surface area contributed by atoms with Crippen LogP contribution in [0.5, 0.6) is 0 Å². The molecule has 17 heavy (non-hydrogen) atoms. The van der Waals surface area contributed by atoms with E-state index in [-0.39, 0.29) is 0 Å². The van der Waals surface area contributed by atoms with E-state index < -0.39 is 0 Å². The van der Waals surface area contributed by atoms with Crippen LogP contribution in [0.15, 0.2) is 0 Å². The molecular weight excluding hydrogens is 234 g/mol. The van der Waals surface area contributed by atoms with Crippen molar-refractivity contribution < 1.29 is 0 Å². The minimum Gasteiger partial charge on any atom is -0.344 e. The second-order valence-corrected chi connectivity index (χ2v) is 5.18. The maximum Gasteiger partial charge on any atom is 0.205 e. The molecule has 2 rings (SSSR count). The van der Waals surface area contributed by atoms with E-state index in [1.54, 1.807) is 0 Å². The van der Waals surface area contributed by atoms with Crippen LogP contribution in [0.3, 0.4) is 0 Å².